The Morgan fingerprint density at radius 1 is 0.316 bits per heavy atom. The van der Waals surface area contributed by atoms with Crippen LogP contribution in [0, 0.1) is 0 Å². The highest BCUT2D eigenvalue weighted by molar-refractivity contribution is 6.10. The van der Waals surface area contributed by atoms with Gasteiger partial charge in [-0.05, 0) is 88.5 Å². The van der Waals surface area contributed by atoms with E-state index in [9.17, 15) is 0 Å². The van der Waals surface area contributed by atoms with Crippen molar-refractivity contribution in [2.45, 2.75) is 0 Å². The van der Waals surface area contributed by atoms with E-state index in [1.807, 2.05) is 12.1 Å². The van der Waals surface area contributed by atoms with Crippen molar-refractivity contribution in [1.29, 1.82) is 0 Å². The van der Waals surface area contributed by atoms with Gasteiger partial charge in [-0.3, -0.25) is 0 Å². The third-order valence-corrected chi connectivity index (χ3v) is 11.2. The summed E-state index contributed by atoms with van der Waals surface area (Å²) in [5.74, 6) is 0. The molecule has 0 bridgehead atoms. The fraction of sp³-hybridized carbons (Fsp3) is 0. The van der Waals surface area contributed by atoms with Gasteiger partial charge in [-0.2, -0.15) is 0 Å². The Hall–Kier alpha value is -7.62. The number of aromatic nitrogens is 1. The Balaban J connectivity index is 0.962. The minimum Gasteiger partial charge on any atom is -0.456 e. The van der Waals surface area contributed by atoms with Gasteiger partial charge in [0.15, 0.2) is 0 Å². The number of nitrogens with zero attached hydrogens (tertiary/aromatic N) is 2. The van der Waals surface area contributed by atoms with Gasteiger partial charge in [0, 0.05) is 50.2 Å². The van der Waals surface area contributed by atoms with Gasteiger partial charge in [-0.25, -0.2) is 0 Å². The molecule has 0 aliphatic heterocycles. The first-order valence-corrected chi connectivity index (χ1v) is 19.4. The lowest BCUT2D eigenvalue weighted by molar-refractivity contribution is 0.669. The molecule has 0 amide bonds. The molecule has 0 saturated heterocycles. The highest BCUT2D eigenvalue weighted by atomic mass is 16.3. The second kappa shape index (κ2) is 13.6. The van der Waals surface area contributed by atoms with E-state index >= 15 is 0 Å². The summed E-state index contributed by atoms with van der Waals surface area (Å²) < 4.78 is 8.77. The van der Waals surface area contributed by atoms with Crippen molar-refractivity contribution in [3.05, 3.63) is 218 Å². The lowest BCUT2D eigenvalue weighted by atomic mass is 9.98. The van der Waals surface area contributed by atoms with Gasteiger partial charge in [-0.15, -0.1) is 0 Å². The number of para-hydroxylation sites is 4. The molecule has 57 heavy (non-hydrogen) atoms. The Kier molecular flexibility index (Phi) is 7.82. The van der Waals surface area contributed by atoms with Crippen LogP contribution >= 0.6 is 0 Å². The van der Waals surface area contributed by atoms with Gasteiger partial charge >= 0.3 is 0 Å². The highest BCUT2D eigenvalue weighted by Gasteiger charge is 2.18. The molecule has 0 aliphatic carbocycles. The zero-order chi connectivity index (χ0) is 37.7. The zero-order valence-corrected chi connectivity index (χ0v) is 31.1. The molecule has 0 fully saturated rings. The number of hydrogen-bond donors (Lipinski definition) is 0. The van der Waals surface area contributed by atoms with Crippen LogP contribution in [0.25, 0.3) is 82.8 Å². The van der Waals surface area contributed by atoms with Crippen LogP contribution in [-0.2, 0) is 0 Å². The van der Waals surface area contributed by atoms with E-state index in [0.29, 0.717) is 0 Å². The van der Waals surface area contributed by atoms with Crippen LogP contribution in [0.4, 0.5) is 17.1 Å². The molecule has 268 valence electrons. The summed E-state index contributed by atoms with van der Waals surface area (Å²) in [5.41, 5.74) is 15.6. The van der Waals surface area contributed by atoms with Crippen LogP contribution in [-0.4, -0.2) is 4.57 Å². The van der Waals surface area contributed by atoms with E-state index < -0.39 is 0 Å². The number of rotatable bonds is 7. The van der Waals surface area contributed by atoms with Crippen molar-refractivity contribution in [3.8, 4) is 39.1 Å². The zero-order valence-electron chi connectivity index (χ0n) is 31.1. The molecule has 3 nitrogen and oxygen atoms in total. The fourth-order valence-electron chi connectivity index (χ4n) is 8.50. The summed E-state index contributed by atoms with van der Waals surface area (Å²) >= 11 is 0. The molecule has 11 aromatic rings. The molecule has 0 N–H and O–H groups in total. The maximum absolute atomic E-state index is 6.36. The van der Waals surface area contributed by atoms with Gasteiger partial charge < -0.3 is 13.9 Å². The largest absolute Gasteiger partial charge is 0.456 e. The molecule has 2 heterocycles. The summed E-state index contributed by atoms with van der Waals surface area (Å²) in [5, 5.41) is 4.77. The molecule has 9 aromatic carbocycles. The van der Waals surface area contributed by atoms with E-state index in [-0.39, 0.29) is 0 Å². The van der Waals surface area contributed by atoms with E-state index in [4.69, 9.17) is 4.42 Å². The van der Waals surface area contributed by atoms with Crippen molar-refractivity contribution in [3.63, 3.8) is 0 Å². The van der Waals surface area contributed by atoms with Crippen molar-refractivity contribution < 1.29 is 4.42 Å². The Morgan fingerprint density at radius 3 is 1.60 bits per heavy atom. The molecule has 0 saturated carbocycles. The van der Waals surface area contributed by atoms with Crippen LogP contribution in [0.5, 0.6) is 0 Å². The van der Waals surface area contributed by atoms with Crippen molar-refractivity contribution in [2.75, 3.05) is 4.90 Å². The van der Waals surface area contributed by atoms with E-state index in [2.05, 4.69) is 216 Å². The normalized spacial score (nSPS) is 11.5. The monoisotopic (exact) mass is 728 g/mol. The van der Waals surface area contributed by atoms with Gasteiger partial charge in [0.25, 0.3) is 0 Å². The smallest absolute Gasteiger partial charge is 0.137 e. The van der Waals surface area contributed by atoms with Gasteiger partial charge in [0.1, 0.15) is 11.2 Å². The number of fused-ring (bicyclic) bond motifs is 6. The summed E-state index contributed by atoms with van der Waals surface area (Å²) in [4.78, 5) is 2.32. The first-order chi connectivity index (χ1) is 28.3. The number of furan rings is 1. The Morgan fingerprint density at radius 2 is 0.842 bits per heavy atom. The van der Waals surface area contributed by atoms with E-state index in [1.165, 1.54) is 55.3 Å². The van der Waals surface area contributed by atoms with E-state index in [1.54, 1.807) is 0 Å². The number of hydrogen-bond acceptors (Lipinski definition) is 2. The first kappa shape index (κ1) is 32.8. The average Bonchev–Trinajstić information content (AvgIpc) is 3.83. The minimum atomic E-state index is 0.870. The predicted molar refractivity (Wildman–Crippen MR) is 239 cm³/mol. The predicted octanol–water partition coefficient (Wildman–Crippen LogP) is 15.2. The Bertz CT molecular complexity index is 3170. The van der Waals surface area contributed by atoms with Crippen LogP contribution in [0.2, 0.25) is 0 Å². The van der Waals surface area contributed by atoms with Crippen molar-refractivity contribution in [2.24, 2.45) is 0 Å². The number of benzene rings is 9. The molecule has 2 aromatic heterocycles. The standard InChI is InChI=1S/C54H36N2O/c1-2-13-37(14-3-1)41-15-12-16-43(35-41)55(44-33-34-49-48-20-7-11-24-53(48)57-54(49)36-44)42-31-29-39(30-32-42)38-25-27-40(28-26-38)45-17-4-8-21-50(45)56-51-22-9-5-18-46(51)47-19-6-10-23-52(47)56/h1-36H. The van der Waals surface area contributed by atoms with Crippen molar-refractivity contribution >= 4 is 60.8 Å². The SMILES string of the molecule is c1ccc(-c2cccc(N(c3ccc(-c4ccc(-c5ccccc5-n5c6ccccc6c6ccccc65)cc4)cc3)c3ccc4c(c3)oc3ccccc34)c2)cc1. The van der Waals surface area contributed by atoms with E-state index in [0.717, 1.165) is 44.6 Å². The Labute approximate surface area is 330 Å². The van der Waals surface area contributed by atoms with Crippen LogP contribution in [0.1, 0.15) is 0 Å². The molecule has 3 heteroatoms. The summed E-state index contributed by atoms with van der Waals surface area (Å²) in [6, 6.07) is 78.1. The molecule has 0 radical (unpaired) electrons. The summed E-state index contributed by atoms with van der Waals surface area (Å²) in [6.45, 7) is 0. The summed E-state index contributed by atoms with van der Waals surface area (Å²) in [6.07, 6.45) is 0. The lowest BCUT2D eigenvalue weighted by Crippen LogP contribution is -2.10. The second-order valence-corrected chi connectivity index (χ2v) is 14.5. The molecular formula is C54H36N2O. The second-order valence-electron chi connectivity index (χ2n) is 14.5. The topological polar surface area (TPSA) is 21.3 Å². The maximum Gasteiger partial charge on any atom is 0.137 e. The minimum absolute atomic E-state index is 0.870. The van der Waals surface area contributed by atoms with Crippen LogP contribution in [0.15, 0.2) is 223 Å². The van der Waals surface area contributed by atoms with Crippen LogP contribution < -0.4 is 4.90 Å². The van der Waals surface area contributed by atoms with Gasteiger partial charge in [-0.1, -0.05) is 152 Å². The van der Waals surface area contributed by atoms with Gasteiger partial charge in [0.05, 0.1) is 16.7 Å². The van der Waals surface area contributed by atoms with Crippen LogP contribution in [0.3, 0.4) is 0 Å². The molecule has 0 aliphatic rings. The summed E-state index contributed by atoms with van der Waals surface area (Å²) in [7, 11) is 0. The fourth-order valence-corrected chi connectivity index (χ4v) is 8.50. The third kappa shape index (κ3) is 5.68. The quantitative estimate of drug-likeness (QED) is 0.163. The molecular weight excluding hydrogens is 693 g/mol. The lowest BCUT2D eigenvalue weighted by Gasteiger charge is -2.26. The van der Waals surface area contributed by atoms with Crippen molar-refractivity contribution in [1.82, 2.24) is 4.57 Å². The third-order valence-electron chi connectivity index (χ3n) is 11.2. The first-order valence-electron chi connectivity index (χ1n) is 19.4. The number of anilines is 3. The molecule has 11 rings (SSSR count). The highest BCUT2D eigenvalue weighted by Crippen LogP contribution is 2.41. The molecule has 0 unspecified atom stereocenters. The maximum atomic E-state index is 6.36. The molecule has 0 atom stereocenters. The average molecular weight is 729 g/mol. The van der Waals surface area contributed by atoms with Gasteiger partial charge in [0.2, 0.25) is 0 Å². The molecule has 0 spiro atoms.